The van der Waals surface area contributed by atoms with Crippen LogP contribution >= 0.6 is 27.3 Å². The average molecular weight is 264 g/mol. The molecule has 0 radical (unpaired) electrons. The summed E-state index contributed by atoms with van der Waals surface area (Å²) in [6, 6.07) is 1.12. The molecule has 0 amide bonds. The first-order chi connectivity index (χ1) is 6.00. The third kappa shape index (κ3) is 2.79. The third-order valence-corrected chi connectivity index (χ3v) is 3.81. The van der Waals surface area contributed by atoms with Crippen molar-refractivity contribution in [3.63, 3.8) is 0 Å². The summed E-state index contributed by atoms with van der Waals surface area (Å²) in [5.74, 6) is -0.956. The molecule has 0 aromatic carbocycles. The number of rotatable bonds is 3. The van der Waals surface area contributed by atoms with Crippen LogP contribution in [0.1, 0.15) is 9.75 Å². The summed E-state index contributed by atoms with van der Waals surface area (Å²) in [5, 5.41) is 8.59. The molecule has 0 unspecified atom stereocenters. The zero-order valence-electron chi connectivity index (χ0n) is 7.08. The van der Waals surface area contributed by atoms with E-state index in [-0.39, 0.29) is 0 Å². The van der Waals surface area contributed by atoms with Crippen LogP contribution in [0.3, 0.4) is 0 Å². The number of halogens is 1. The lowest BCUT2D eigenvalue weighted by Crippen LogP contribution is -2.31. The van der Waals surface area contributed by atoms with Crippen molar-refractivity contribution < 1.29 is 9.90 Å². The van der Waals surface area contributed by atoms with Crippen molar-refractivity contribution in [2.24, 2.45) is 5.73 Å². The van der Waals surface area contributed by atoms with E-state index in [0.29, 0.717) is 6.42 Å². The van der Waals surface area contributed by atoms with E-state index in [1.54, 1.807) is 11.3 Å². The molecule has 1 heterocycles. The molecular weight excluding hydrogens is 254 g/mol. The minimum absolute atomic E-state index is 0.395. The number of thiophene rings is 1. The standard InChI is InChI=1S/C8H10BrNO2S/c1-4-6(9)2-5(13-4)3-7(10)8(11)12/h2,7H,3,10H2,1H3,(H,11,12)/t7-/m1/s1. The first-order valence-electron chi connectivity index (χ1n) is 3.74. The molecule has 3 N–H and O–H groups in total. The Labute approximate surface area is 88.7 Å². The van der Waals surface area contributed by atoms with Crippen LogP contribution in [0, 0.1) is 6.92 Å². The quantitative estimate of drug-likeness (QED) is 0.874. The Hall–Kier alpha value is -0.390. The molecule has 1 atom stereocenters. The Morgan fingerprint density at radius 1 is 1.85 bits per heavy atom. The fourth-order valence-electron chi connectivity index (χ4n) is 0.922. The van der Waals surface area contributed by atoms with Crippen molar-refractivity contribution in [3.8, 4) is 0 Å². The van der Waals surface area contributed by atoms with Gasteiger partial charge >= 0.3 is 5.97 Å². The lowest BCUT2D eigenvalue weighted by Gasteiger charge is -2.02. The van der Waals surface area contributed by atoms with Crippen molar-refractivity contribution in [1.82, 2.24) is 0 Å². The highest BCUT2D eigenvalue weighted by atomic mass is 79.9. The summed E-state index contributed by atoms with van der Waals surface area (Å²) in [6.45, 7) is 1.98. The molecule has 1 aromatic rings. The van der Waals surface area contributed by atoms with Gasteiger partial charge in [0.2, 0.25) is 0 Å². The first-order valence-corrected chi connectivity index (χ1v) is 5.35. The molecule has 3 nitrogen and oxygen atoms in total. The van der Waals surface area contributed by atoms with Crippen molar-refractivity contribution in [2.45, 2.75) is 19.4 Å². The fourth-order valence-corrected chi connectivity index (χ4v) is 2.58. The Balaban J connectivity index is 2.69. The van der Waals surface area contributed by atoms with Gasteiger partial charge in [0.05, 0.1) is 0 Å². The van der Waals surface area contributed by atoms with E-state index in [1.165, 1.54) is 0 Å². The predicted octanol–water partition coefficient (Wildman–Crippen LogP) is 1.77. The summed E-state index contributed by atoms with van der Waals surface area (Å²) in [7, 11) is 0. The van der Waals surface area contributed by atoms with Gasteiger partial charge in [0.25, 0.3) is 0 Å². The van der Waals surface area contributed by atoms with E-state index >= 15 is 0 Å². The second kappa shape index (κ2) is 4.21. The topological polar surface area (TPSA) is 63.3 Å². The zero-order valence-corrected chi connectivity index (χ0v) is 9.48. The molecule has 13 heavy (non-hydrogen) atoms. The van der Waals surface area contributed by atoms with Crippen molar-refractivity contribution in [1.29, 1.82) is 0 Å². The fraction of sp³-hybridized carbons (Fsp3) is 0.375. The second-order valence-electron chi connectivity index (χ2n) is 2.77. The van der Waals surface area contributed by atoms with Gasteiger partial charge in [-0.15, -0.1) is 11.3 Å². The van der Waals surface area contributed by atoms with Crippen molar-refractivity contribution >= 4 is 33.2 Å². The molecule has 1 rings (SSSR count). The molecule has 1 aromatic heterocycles. The number of aryl methyl sites for hydroxylation is 1. The van der Waals surface area contributed by atoms with E-state index in [2.05, 4.69) is 15.9 Å². The first kappa shape index (κ1) is 10.7. The summed E-state index contributed by atoms with van der Waals surface area (Å²) < 4.78 is 1.02. The van der Waals surface area contributed by atoms with Crippen LogP contribution in [0.25, 0.3) is 0 Å². The summed E-state index contributed by atoms with van der Waals surface area (Å²) in [5.41, 5.74) is 5.40. The molecule has 0 spiro atoms. The Bertz CT molecular complexity index is 304. The van der Waals surface area contributed by atoms with Crippen LogP contribution in [0.5, 0.6) is 0 Å². The third-order valence-electron chi connectivity index (χ3n) is 1.65. The molecule has 72 valence electrons. The highest BCUT2D eigenvalue weighted by Crippen LogP contribution is 2.26. The van der Waals surface area contributed by atoms with Crippen molar-refractivity contribution in [3.05, 3.63) is 20.3 Å². The van der Waals surface area contributed by atoms with Gasteiger partial charge in [-0.1, -0.05) is 0 Å². The molecule has 0 fully saturated rings. The maximum Gasteiger partial charge on any atom is 0.320 e. The molecular formula is C8H10BrNO2S. The van der Waals surface area contributed by atoms with E-state index < -0.39 is 12.0 Å². The number of carboxylic acids is 1. The largest absolute Gasteiger partial charge is 0.480 e. The van der Waals surface area contributed by atoms with Crippen LogP contribution in [-0.2, 0) is 11.2 Å². The lowest BCUT2D eigenvalue weighted by atomic mass is 10.2. The van der Waals surface area contributed by atoms with Gasteiger partial charge in [0.1, 0.15) is 6.04 Å². The Morgan fingerprint density at radius 2 is 2.46 bits per heavy atom. The van der Waals surface area contributed by atoms with Gasteiger partial charge in [0.15, 0.2) is 0 Å². The van der Waals surface area contributed by atoms with Crippen molar-refractivity contribution in [2.75, 3.05) is 0 Å². The zero-order chi connectivity index (χ0) is 10.0. The van der Waals surface area contributed by atoms with Crippen LogP contribution in [0.4, 0.5) is 0 Å². The summed E-state index contributed by atoms with van der Waals surface area (Å²) in [6.07, 6.45) is 0.395. The molecule has 5 heteroatoms. The number of nitrogens with two attached hydrogens (primary N) is 1. The SMILES string of the molecule is Cc1sc(C[C@@H](N)C(=O)O)cc1Br. The number of hydrogen-bond donors (Lipinski definition) is 2. The van der Waals surface area contributed by atoms with Gasteiger partial charge in [0, 0.05) is 20.6 Å². The van der Waals surface area contributed by atoms with E-state index in [9.17, 15) is 4.79 Å². The molecule has 0 aliphatic heterocycles. The monoisotopic (exact) mass is 263 g/mol. The van der Waals surface area contributed by atoms with Gasteiger partial charge < -0.3 is 10.8 Å². The Kier molecular flexibility index (Phi) is 3.47. The van der Waals surface area contributed by atoms with E-state index in [1.807, 2.05) is 13.0 Å². The number of aliphatic carboxylic acids is 1. The Morgan fingerprint density at radius 3 is 2.85 bits per heavy atom. The highest BCUT2D eigenvalue weighted by molar-refractivity contribution is 9.10. The van der Waals surface area contributed by atoms with Gasteiger partial charge in [-0.25, -0.2) is 0 Å². The summed E-state index contributed by atoms with van der Waals surface area (Å²) in [4.78, 5) is 12.6. The number of hydrogen-bond acceptors (Lipinski definition) is 3. The summed E-state index contributed by atoms with van der Waals surface area (Å²) >= 11 is 4.94. The van der Waals surface area contributed by atoms with Gasteiger partial charge in [-0.05, 0) is 28.9 Å². The molecule has 0 aliphatic carbocycles. The molecule has 0 saturated carbocycles. The lowest BCUT2D eigenvalue weighted by molar-refractivity contribution is -0.138. The normalized spacial score (nSPS) is 12.8. The number of carbonyl (C=O) groups is 1. The predicted molar refractivity (Wildman–Crippen MR) is 56.1 cm³/mol. The smallest absolute Gasteiger partial charge is 0.320 e. The maximum atomic E-state index is 10.5. The van der Waals surface area contributed by atoms with Crippen LogP contribution in [0.15, 0.2) is 10.5 Å². The number of carboxylic acid groups (broad SMARTS) is 1. The van der Waals surface area contributed by atoms with Crippen LogP contribution in [0.2, 0.25) is 0 Å². The van der Waals surface area contributed by atoms with Gasteiger partial charge in [-0.2, -0.15) is 0 Å². The van der Waals surface area contributed by atoms with E-state index in [4.69, 9.17) is 10.8 Å². The van der Waals surface area contributed by atoms with Crippen LogP contribution in [-0.4, -0.2) is 17.1 Å². The maximum absolute atomic E-state index is 10.5. The molecule has 0 aliphatic rings. The minimum Gasteiger partial charge on any atom is -0.480 e. The van der Waals surface area contributed by atoms with Gasteiger partial charge in [-0.3, -0.25) is 4.79 Å². The molecule has 0 bridgehead atoms. The minimum atomic E-state index is -0.956. The molecule has 0 saturated heterocycles. The van der Waals surface area contributed by atoms with E-state index in [0.717, 1.165) is 14.2 Å². The highest BCUT2D eigenvalue weighted by Gasteiger charge is 2.14. The average Bonchev–Trinajstić information content (AvgIpc) is 2.31. The second-order valence-corrected chi connectivity index (χ2v) is 4.96. The van der Waals surface area contributed by atoms with Crippen LogP contribution < -0.4 is 5.73 Å².